The fourth-order valence-electron chi connectivity index (χ4n) is 0.398. The molecular formula is C5H11BrZn. The quantitative estimate of drug-likeness (QED) is 0.492. The first-order valence-corrected chi connectivity index (χ1v) is 3.33. The van der Waals surface area contributed by atoms with Gasteiger partial charge in [0.25, 0.3) is 0 Å². The topological polar surface area (TPSA) is 0 Å². The smallest absolute Gasteiger partial charge is 0.0117 e. The van der Waals surface area contributed by atoms with E-state index >= 15 is 0 Å². The zero-order valence-corrected chi connectivity index (χ0v) is 9.63. The number of rotatable bonds is 2. The van der Waals surface area contributed by atoms with Crippen molar-refractivity contribution in [2.75, 3.05) is 0 Å². The van der Waals surface area contributed by atoms with Crippen LogP contribution in [-0.2, 0) is 19.5 Å². The molecule has 1 atom stereocenters. The molecule has 0 spiro atoms. The predicted octanol–water partition coefficient (Wildman–Crippen LogP) is 2.57. The van der Waals surface area contributed by atoms with Gasteiger partial charge in [-0.1, -0.05) is 36.2 Å². The van der Waals surface area contributed by atoms with Crippen LogP contribution in [0.1, 0.15) is 26.7 Å². The average Bonchev–Trinajstić information content (AvgIpc) is 1.35. The monoisotopic (exact) mass is 214 g/mol. The molecular weight excluding hydrogens is 205 g/mol. The maximum atomic E-state index is 3.43. The second kappa shape index (κ2) is 7.10. The third kappa shape index (κ3) is 11.0. The van der Waals surface area contributed by atoms with E-state index < -0.39 is 0 Å². The first-order chi connectivity index (χ1) is 2.77. The number of halogens is 1. The van der Waals surface area contributed by atoms with Crippen LogP contribution < -0.4 is 0 Å². The van der Waals surface area contributed by atoms with E-state index in [0.29, 0.717) is 4.83 Å². The SMILES string of the molecule is CCCC(C)Br.[Zn]. The fraction of sp³-hybridized carbons (Fsp3) is 1.00. The van der Waals surface area contributed by atoms with Crippen LogP contribution in [0.25, 0.3) is 0 Å². The Morgan fingerprint density at radius 3 is 2.00 bits per heavy atom. The number of alkyl halides is 1. The maximum absolute atomic E-state index is 3.43. The van der Waals surface area contributed by atoms with Gasteiger partial charge in [-0.25, -0.2) is 0 Å². The van der Waals surface area contributed by atoms with Crippen molar-refractivity contribution >= 4 is 15.9 Å². The van der Waals surface area contributed by atoms with E-state index in [1.165, 1.54) is 12.8 Å². The number of hydrogen-bond donors (Lipinski definition) is 0. The van der Waals surface area contributed by atoms with E-state index in [0.717, 1.165) is 0 Å². The van der Waals surface area contributed by atoms with E-state index in [-0.39, 0.29) is 19.5 Å². The second-order valence-corrected chi connectivity index (χ2v) is 3.13. The van der Waals surface area contributed by atoms with Crippen LogP contribution in [0, 0.1) is 0 Å². The van der Waals surface area contributed by atoms with Gasteiger partial charge in [-0.05, 0) is 6.42 Å². The van der Waals surface area contributed by atoms with Gasteiger partial charge in [-0.2, -0.15) is 0 Å². The van der Waals surface area contributed by atoms with Crippen molar-refractivity contribution in [1.29, 1.82) is 0 Å². The zero-order valence-electron chi connectivity index (χ0n) is 5.08. The van der Waals surface area contributed by atoms with Crippen molar-refractivity contribution in [3.8, 4) is 0 Å². The van der Waals surface area contributed by atoms with Crippen molar-refractivity contribution in [2.45, 2.75) is 31.5 Å². The molecule has 0 rings (SSSR count). The minimum absolute atomic E-state index is 0. The summed E-state index contributed by atoms with van der Waals surface area (Å²) in [5.41, 5.74) is 0. The maximum Gasteiger partial charge on any atom is 0.0117 e. The van der Waals surface area contributed by atoms with Crippen molar-refractivity contribution in [2.24, 2.45) is 0 Å². The van der Waals surface area contributed by atoms with Gasteiger partial charge in [0.2, 0.25) is 0 Å². The molecule has 0 aliphatic heterocycles. The predicted molar refractivity (Wildman–Crippen MR) is 33.3 cm³/mol. The van der Waals surface area contributed by atoms with E-state index in [4.69, 9.17) is 0 Å². The van der Waals surface area contributed by atoms with E-state index in [2.05, 4.69) is 29.8 Å². The summed E-state index contributed by atoms with van der Waals surface area (Å²) in [7, 11) is 0. The molecule has 0 saturated carbocycles. The van der Waals surface area contributed by atoms with Crippen molar-refractivity contribution in [3.05, 3.63) is 0 Å². The van der Waals surface area contributed by atoms with Gasteiger partial charge in [0.05, 0.1) is 0 Å². The second-order valence-electron chi connectivity index (χ2n) is 1.57. The van der Waals surface area contributed by atoms with Gasteiger partial charge in [0, 0.05) is 24.3 Å². The largest absolute Gasteiger partial charge is 0.0894 e. The normalized spacial score (nSPS) is 12.4. The Kier molecular flexibility index (Phi) is 11.1. The summed E-state index contributed by atoms with van der Waals surface area (Å²) in [6.07, 6.45) is 2.58. The summed E-state index contributed by atoms with van der Waals surface area (Å²) in [6.45, 7) is 4.36. The van der Waals surface area contributed by atoms with Crippen molar-refractivity contribution in [3.63, 3.8) is 0 Å². The minimum Gasteiger partial charge on any atom is -0.0894 e. The summed E-state index contributed by atoms with van der Waals surface area (Å²) < 4.78 is 0. The van der Waals surface area contributed by atoms with E-state index in [1.54, 1.807) is 0 Å². The molecule has 2 heteroatoms. The first kappa shape index (κ1) is 11.0. The molecule has 0 aromatic heterocycles. The Morgan fingerprint density at radius 1 is 1.57 bits per heavy atom. The Morgan fingerprint density at radius 2 is 2.00 bits per heavy atom. The Balaban J connectivity index is 0. The van der Waals surface area contributed by atoms with Crippen LogP contribution in [0.3, 0.4) is 0 Å². The van der Waals surface area contributed by atoms with E-state index in [1.807, 2.05) is 0 Å². The van der Waals surface area contributed by atoms with Gasteiger partial charge in [0.15, 0.2) is 0 Å². The molecule has 0 saturated heterocycles. The molecule has 0 aromatic carbocycles. The molecule has 0 N–H and O–H groups in total. The van der Waals surface area contributed by atoms with Crippen molar-refractivity contribution < 1.29 is 19.5 Å². The van der Waals surface area contributed by atoms with E-state index in [9.17, 15) is 0 Å². The zero-order chi connectivity index (χ0) is 4.99. The molecule has 1 unspecified atom stereocenters. The summed E-state index contributed by atoms with van der Waals surface area (Å²) in [5.74, 6) is 0. The van der Waals surface area contributed by atoms with Gasteiger partial charge < -0.3 is 0 Å². The summed E-state index contributed by atoms with van der Waals surface area (Å²) >= 11 is 3.43. The third-order valence-corrected chi connectivity index (χ3v) is 1.14. The molecule has 0 amide bonds. The van der Waals surface area contributed by atoms with Crippen LogP contribution >= 0.6 is 15.9 Å². The van der Waals surface area contributed by atoms with Crippen LogP contribution in [0.2, 0.25) is 0 Å². The third-order valence-electron chi connectivity index (χ3n) is 0.686. The molecule has 0 aromatic rings. The molecule has 40 valence electrons. The van der Waals surface area contributed by atoms with Crippen LogP contribution in [0.4, 0.5) is 0 Å². The van der Waals surface area contributed by atoms with Gasteiger partial charge in [0.1, 0.15) is 0 Å². The van der Waals surface area contributed by atoms with Crippen LogP contribution in [-0.4, -0.2) is 4.83 Å². The van der Waals surface area contributed by atoms with Gasteiger partial charge in [-0.3, -0.25) is 0 Å². The summed E-state index contributed by atoms with van der Waals surface area (Å²) in [5, 5.41) is 0. The minimum atomic E-state index is 0. The Hall–Kier alpha value is 1.10. The number of hydrogen-bond acceptors (Lipinski definition) is 0. The molecule has 0 aliphatic carbocycles. The fourth-order valence-corrected chi connectivity index (χ4v) is 0.856. The van der Waals surface area contributed by atoms with Crippen molar-refractivity contribution in [1.82, 2.24) is 0 Å². The Bertz CT molecular complexity index is 29.3. The summed E-state index contributed by atoms with van der Waals surface area (Å²) in [4.78, 5) is 0.711. The molecule has 0 radical (unpaired) electrons. The first-order valence-electron chi connectivity index (χ1n) is 2.41. The molecule has 0 heterocycles. The van der Waals surface area contributed by atoms with Crippen LogP contribution in [0.5, 0.6) is 0 Å². The molecule has 0 aliphatic rings. The van der Waals surface area contributed by atoms with Gasteiger partial charge in [-0.15, -0.1) is 0 Å². The van der Waals surface area contributed by atoms with Crippen LogP contribution in [0.15, 0.2) is 0 Å². The molecule has 7 heavy (non-hydrogen) atoms. The Labute approximate surface area is 66.9 Å². The molecule has 0 nitrogen and oxygen atoms in total. The summed E-state index contributed by atoms with van der Waals surface area (Å²) in [6, 6.07) is 0. The standard InChI is InChI=1S/C5H11Br.Zn/c1-3-4-5(2)6;/h5H,3-4H2,1-2H3;. The molecule has 0 bridgehead atoms. The average molecular weight is 216 g/mol. The van der Waals surface area contributed by atoms with Gasteiger partial charge >= 0.3 is 0 Å². The molecule has 0 fully saturated rings.